The van der Waals surface area contributed by atoms with E-state index in [2.05, 4.69) is 15.6 Å². The Labute approximate surface area is 138 Å². The Kier molecular flexibility index (Phi) is 5.65. The first-order chi connectivity index (χ1) is 11.0. The Morgan fingerprint density at radius 3 is 2.61 bits per heavy atom. The van der Waals surface area contributed by atoms with Crippen molar-refractivity contribution >= 4 is 17.6 Å². The van der Waals surface area contributed by atoms with Gasteiger partial charge in [-0.15, -0.1) is 0 Å². The van der Waals surface area contributed by atoms with Crippen LogP contribution < -0.4 is 20.9 Å². The number of hydrogen-bond donors (Lipinski definition) is 3. The maximum Gasteiger partial charge on any atom is 0.315 e. The number of aromatic amines is 1. The molecule has 2 amide bonds. The number of aromatic nitrogens is 1. The van der Waals surface area contributed by atoms with E-state index >= 15 is 0 Å². The summed E-state index contributed by atoms with van der Waals surface area (Å²) in [6, 6.07) is 6.56. The fourth-order valence-electron chi connectivity index (χ4n) is 2.06. The summed E-state index contributed by atoms with van der Waals surface area (Å²) in [4.78, 5) is 26.1. The Morgan fingerprint density at radius 2 is 1.91 bits per heavy atom. The van der Waals surface area contributed by atoms with Gasteiger partial charge >= 0.3 is 6.03 Å². The van der Waals surface area contributed by atoms with Gasteiger partial charge in [0.15, 0.2) is 0 Å². The van der Waals surface area contributed by atoms with Crippen molar-refractivity contribution in [2.24, 2.45) is 0 Å². The summed E-state index contributed by atoms with van der Waals surface area (Å²) < 4.78 is 5.22. The molecule has 0 atom stereocenters. The van der Waals surface area contributed by atoms with Gasteiger partial charge in [-0.3, -0.25) is 4.79 Å². The molecule has 1 aromatic heterocycles. The van der Waals surface area contributed by atoms with Gasteiger partial charge in [-0.2, -0.15) is 0 Å². The Balaban J connectivity index is 1.91. The van der Waals surface area contributed by atoms with Crippen LogP contribution in [0.15, 0.2) is 35.3 Å². The molecule has 0 saturated heterocycles. The van der Waals surface area contributed by atoms with Crippen molar-refractivity contribution in [2.45, 2.75) is 20.0 Å². The molecule has 0 radical (unpaired) electrons. The van der Waals surface area contributed by atoms with Crippen molar-refractivity contribution in [2.75, 3.05) is 7.11 Å². The molecule has 0 aliphatic heterocycles. The van der Waals surface area contributed by atoms with Gasteiger partial charge in [-0.05, 0) is 30.7 Å². The van der Waals surface area contributed by atoms with E-state index in [0.29, 0.717) is 16.3 Å². The number of aryl methyl sites for hydroxylation is 1. The molecule has 0 spiro atoms. The van der Waals surface area contributed by atoms with E-state index < -0.39 is 0 Å². The van der Waals surface area contributed by atoms with Gasteiger partial charge in [-0.25, -0.2) is 4.79 Å². The molecule has 122 valence electrons. The molecule has 2 aromatic rings. The largest absolute Gasteiger partial charge is 0.496 e. The number of carbonyl (C=O) groups excluding carboxylic acids is 1. The lowest BCUT2D eigenvalue weighted by atomic mass is 10.2. The number of methoxy groups -OCH3 is 1. The molecule has 6 nitrogen and oxygen atoms in total. The van der Waals surface area contributed by atoms with E-state index in [1.54, 1.807) is 37.6 Å². The number of halogens is 1. The quantitative estimate of drug-likeness (QED) is 0.784. The summed E-state index contributed by atoms with van der Waals surface area (Å²) >= 11 is 5.89. The monoisotopic (exact) mass is 335 g/mol. The zero-order valence-corrected chi connectivity index (χ0v) is 13.7. The van der Waals surface area contributed by atoms with Crippen LogP contribution in [0.2, 0.25) is 5.02 Å². The molecular weight excluding hydrogens is 318 g/mol. The normalized spacial score (nSPS) is 10.2. The van der Waals surface area contributed by atoms with E-state index in [0.717, 1.165) is 11.1 Å². The molecule has 0 bridgehead atoms. The minimum absolute atomic E-state index is 0.153. The number of hydrogen-bond acceptors (Lipinski definition) is 3. The van der Waals surface area contributed by atoms with Crippen LogP contribution in [0, 0.1) is 6.92 Å². The first-order valence-corrected chi connectivity index (χ1v) is 7.39. The third kappa shape index (κ3) is 4.75. The summed E-state index contributed by atoms with van der Waals surface area (Å²) in [5.74, 6) is 0.605. The lowest BCUT2D eigenvalue weighted by Crippen LogP contribution is -2.36. The molecule has 0 saturated carbocycles. The fourth-order valence-corrected chi connectivity index (χ4v) is 2.23. The SMILES string of the molecule is COc1cc(Cl)ccc1CNC(=O)NCc1cc(C)c[nH]c1=O. The second kappa shape index (κ2) is 7.69. The molecule has 3 N–H and O–H groups in total. The van der Waals surface area contributed by atoms with E-state index in [-0.39, 0.29) is 24.7 Å². The van der Waals surface area contributed by atoms with Crippen LogP contribution in [0.4, 0.5) is 4.79 Å². The zero-order valence-electron chi connectivity index (χ0n) is 12.9. The number of carbonyl (C=O) groups is 1. The number of pyridine rings is 1. The van der Waals surface area contributed by atoms with Gasteiger partial charge in [0, 0.05) is 35.4 Å². The second-order valence-electron chi connectivity index (χ2n) is 5.02. The van der Waals surface area contributed by atoms with Crippen LogP contribution in [-0.4, -0.2) is 18.1 Å². The number of amides is 2. The third-order valence-electron chi connectivity index (χ3n) is 3.25. The molecule has 0 unspecified atom stereocenters. The lowest BCUT2D eigenvalue weighted by molar-refractivity contribution is 0.240. The summed E-state index contributed by atoms with van der Waals surface area (Å²) in [7, 11) is 1.54. The predicted octanol–water partition coefficient (Wildman–Crippen LogP) is 2.34. The van der Waals surface area contributed by atoms with Crippen LogP contribution in [0.5, 0.6) is 5.75 Å². The number of rotatable bonds is 5. The molecule has 1 aromatic carbocycles. The number of urea groups is 1. The van der Waals surface area contributed by atoms with Crippen LogP contribution in [0.3, 0.4) is 0 Å². The van der Waals surface area contributed by atoms with Gasteiger partial charge in [0.2, 0.25) is 0 Å². The van der Waals surface area contributed by atoms with Gasteiger partial charge in [0.1, 0.15) is 5.75 Å². The van der Waals surface area contributed by atoms with Crippen LogP contribution >= 0.6 is 11.6 Å². The molecule has 0 fully saturated rings. The van der Waals surface area contributed by atoms with Crippen LogP contribution in [-0.2, 0) is 13.1 Å². The average Bonchev–Trinajstić information content (AvgIpc) is 2.54. The first-order valence-electron chi connectivity index (χ1n) is 7.02. The van der Waals surface area contributed by atoms with Crippen LogP contribution in [0.25, 0.3) is 0 Å². The lowest BCUT2D eigenvalue weighted by Gasteiger charge is -2.11. The standard InChI is InChI=1S/C16H18ClN3O3/c1-10-5-12(15(21)18-7-10)9-20-16(22)19-8-11-3-4-13(17)6-14(11)23-2/h3-7H,8-9H2,1-2H3,(H,18,21)(H2,19,20,22). The van der Waals surface area contributed by atoms with Gasteiger partial charge in [0.05, 0.1) is 7.11 Å². The maximum absolute atomic E-state index is 11.9. The molecule has 1 heterocycles. The van der Waals surface area contributed by atoms with Crippen molar-refractivity contribution in [3.63, 3.8) is 0 Å². The average molecular weight is 336 g/mol. The summed E-state index contributed by atoms with van der Waals surface area (Å²) in [5, 5.41) is 5.92. The van der Waals surface area contributed by atoms with Gasteiger partial charge in [-0.1, -0.05) is 17.7 Å². The van der Waals surface area contributed by atoms with E-state index in [9.17, 15) is 9.59 Å². The molecule has 0 aliphatic rings. The van der Waals surface area contributed by atoms with Gasteiger partial charge < -0.3 is 20.4 Å². The Hall–Kier alpha value is -2.47. The smallest absolute Gasteiger partial charge is 0.315 e. The number of H-pyrrole nitrogens is 1. The summed E-state index contributed by atoms with van der Waals surface area (Å²) in [5.41, 5.74) is 2.02. The van der Waals surface area contributed by atoms with E-state index in [4.69, 9.17) is 16.3 Å². The minimum Gasteiger partial charge on any atom is -0.496 e. The number of ether oxygens (including phenoxy) is 1. The Morgan fingerprint density at radius 1 is 1.22 bits per heavy atom. The van der Waals surface area contributed by atoms with E-state index in [1.165, 1.54) is 0 Å². The van der Waals surface area contributed by atoms with Crippen molar-refractivity contribution in [3.05, 3.63) is 62.5 Å². The molecular formula is C16H18ClN3O3. The maximum atomic E-state index is 11.9. The van der Waals surface area contributed by atoms with Crippen molar-refractivity contribution in [3.8, 4) is 5.75 Å². The molecule has 0 aliphatic carbocycles. The molecule has 2 rings (SSSR count). The van der Waals surface area contributed by atoms with Gasteiger partial charge in [0.25, 0.3) is 5.56 Å². The topological polar surface area (TPSA) is 83.2 Å². The van der Waals surface area contributed by atoms with Crippen molar-refractivity contribution in [1.82, 2.24) is 15.6 Å². The molecule has 23 heavy (non-hydrogen) atoms. The summed E-state index contributed by atoms with van der Waals surface area (Å²) in [6.45, 7) is 2.31. The summed E-state index contributed by atoms with van der Waals surface area (Å²) in [6.07, 6.45) is 1.62. The van der Waals surface area contributed by atoms with Crippen molar-refractivity contribution in [1.29, 1.82) is 0 Å². The highest BCUT2D eigenvalue weighted by Crippen LogP contribution is 2.22. The van der Waals surface area contributed by atoms with E-state index in [1.807, 2.05) is 6.92 Å². The highest BCUT2D eigenvalue weighted by molar-refractivity contribution is 6.30. The van der Waals surface area contributed by atoms with Crippen LogP contribution in [0.1, 0.15) is 16.7 Å². The second-order valence-corrected chi connectivity index (χ2v) is 5.46. The first kappa shape index (κ1) is 16.9. The zero-order chi connectivity index (χ0) is 16.8. The Bertz CT molecular complexity index is 758. The molecule has 7 heteroatoms. The third-order valence-corrected chi connectivity index (χ3v) is 3.49. The fraction of sp³-hybridized carbons (Fsp3) is 0.250. The highest BCUT2D eigenvalue weighted by Gasteiger charge is 2.07. The predicted molar refractivity (Wildman–Crippen MR) is 88.9 cm³/mol. The number of benzene rings is 1. The minimum atomic E-state index is -0.372. The van der Waals surface area contributed by atoms with Crippen molar-refractivity contribution < 1.29 is 9.53 Å². The highest BCUT2D eigenvalue weighted by atomic mass is 35.5. The number of nitrogens with one attached hydrogen (secondary N) is 3.